The van der Waals surface area contributed by atoms with Crippen LogP contribution in [-0.2, 0) is 0 Å². The van der Waals surface area contributed by atoms with E-state index in [1.54, 1.807) is 0 Å². The van der Waals surface area contributed by atoms with E-state index in [0.717, 1.165) is 11.8 Å². The van der Waals surface area contributed by atoms with Crippen LogP contribution < -0.4 is 0 Å². The van der Waals surface area contributed by atoms with Gasteiger partial charge in [-0.25, -0.2) is 0 Å². The molecule has 1 heteroatoms. The van der Waals surface area contributed by atoms with Gasteiger partial charge in [0.25, 0.3) is 0 Å². The first-order valence-electron chi connectivity index (χ1n) is 5.00. The van der Waals surface area contributed by atoms with Crippen LogP contribution in [0.5, 0.6) is 0 Å². The molecule has 0 radical (unpaired) electrons. The summed E-state index contributed by atoms with van der Waals surface area (Å²) in [5.41, 5.74) is 0.556. The Bertz CT molecular complexity index is 115. The van der Waals surface area contributed by atoms with Gasteiger partial charge in [0, 0.05) is 0 Å². The Labute approximate surface area is 87.9 Å². The molecule has 0 aromatic heterocycles. The third-order valence-electron chi connectivity index (χ3n) is 3.24. The maximum Gasteiger partial charge on any atom is -0.0354 e. The molecular formula is C11H23Br. The Morgan fingerprint density at radius 3 is 1.67 bits per heavy atom. The molecule has 0 heterocycles. The molecule has 0 spiro atoms. The molecule has 0 amide bonds. The van der Waals surface area contributed by atoms with Crippen LogP contribution in [0.3, 0.4) is 0 Å². The van der Waals surface area contributed by atoms with Crippen molar-refractivity contribution < 1.29 is 0 Å². The molecule has 0 aliphatic heterocycles. The van der Waals surface area contributed by atoms with Crippen molar-refractivity contribution in [2.24, 2.45) is 17.3 Å². The fraction of sp³-hybridized carbons (Fsp3) is 1.00. The highest BCUT2D eigenvalue weighted by Crippen LogP contribution is 2.39. The lowest BCUT2D eigenvalue weighted by Gasteiger charge is -2.35. The Balaban J connectivity index is 0.00000121. The average Bonchev–Trinajstić information content (AvgIpc) is 1.86. The zero-order chi connectivity index (χ0) is 8.48. The van der Waals surface area contributed by atoms with E-state index in [9.17, 15) is 0 Å². The van der Waals surface area contributed by atoms with Crippen LogP contribution in [0.4, 0.5) is 0 Å². The molecular weight excluding hydrogens is 212 g/mol. The molecule has 0 aromatic rings. The van der Waals surface area contributed by atoms with E-state index in [1.807, 2.05) is 0 Å². The van der Waals surface area contributed by atoms with E-state index in [-0.39, 0.29) is 17.0 Å². The molecule has 1 saturated carbocycles. The molecule has 0 saturated heterocycles. The quantitative estimate of drug-likeness (QED) is 0.582. The van der Waals surface area contributed by atoms with E-state index in [1.165, 1.54) is 25.7 Å². The predicted molar refractivity (Wildman–Crippen MR) is 60.9 cm³/mol. The maximum atomic E-state index is 2.39. The summed E-state index contributed by atoms with van der Waals surface area (Å²) in [6.45, 7) is 9.54. The van der Waals surface area contributed by atoms with Crippen molar-refractivity contribution in [3.8, 4) is 0 Å². The Kier molecular flexibility index (Phi) is 4.83. The number of hydrogen-bond donors (Lipinski definition) is 0. The Hall–Kier alpha value is 0.480. The van der Waals surface area contributed by atoms with Crippen LogP contribution in [0, 0.1) is 17.3 Å². The van der Waals surface area contributed by atoms with Gasteiger partial charge < -0.3 is 0 Å². The van der Waals surface area contributed by atoms with Gasteiger partial charge >= 0.3 is 0 Å². The Morgan fingerprint density at radius 2 is 1.33 bits per heavy atom. The molecule has 1 fully saturated rings. The van der Waals surface area contributed by atoms with Crippen LogP contribution in [-0.4, -0.2) is 0 Å². The summed E-state index contributed by atoms with van der Waals surface area (Å²) < 4.78 is 0. The molecule has 1 aliphatic rings. The smallest absolute Gasteiger partial charge is 0.0354 e. The van der Waals surface area contributed by atoms with E-state index in [4.69, 9.17) is 0 Å². The highest BCUT2D eigenvalue weighted by atomic mass is 79.9. The summed E-state index contributed by atoms with van der Waals surface area (Å²) in [6.07, 6.45) is 5.85. The summed E-state index contributed by atoms with van der Waals surface area (Å²) in [4.78, 5) is 0. The van der Waals surface area contributed by atoms with Gasteiger partial charge in [-0.05, 0) is 30.1 Å². The average molecular weight is 235 g/mol. The fourth-order valence-electron chi connectivity index (χ4n) is 2.13. The fourth-order valence-corrected chi connectivity index (χ4v) is 2.13. The van der Waals surface area contributed by atoms with Crippen LogP contribution in [0.25, 0.3) is 0 Å². The van der Waals surface area contributed by atoms with Gasteiger partial charge in [0.1, 0.15) is 0 Å². The van der Waals surface area contributed by atoms with Crippen LogP contribution >= 0.6 is 17.0 Å². The molecule has 74 valence electrons. The van der Waals surface area contributed by atoms with E-state index >= 15 is 0 Å². The van der Waals surface area contributed by atoms with Crippen LogP contribution in [0.15, 0.2) is 0 Å². The molecule has 0 N–H and O–H groups in total. The minimum absolute atomic E-state index is 0. The zero-order valence-electron chi connectivity index (χ0n) is 8.89. The topological polar surface area (TPSA) is 0 Å². The summed E-state index contributed by atoms with van der Waals surface area (Å²) in [5, 5.41) is 0. The summed E-state index contributed by atoms with van der Waals surface area (Å²) >= 11 is 0. The Morgan fingerprint density at radius 1 is 0.917 bits per heavy atom. The first-order valence-corrected chi connectivity index (χ1v) is 5.00. The first-order chi connectivity index (χ1) is 5.00. The second-order valence-corrected chi connectivity index (χ2v) is 5.32. The highest BCUT2D eigenvalue weighted by molar-refractivity contribution is 8.93. The monoisotopic (exact) mass is 234 g/mol. The van der Waals surface area contributed by atoms with Gasteiger partial charge in [-0.1, -0.05) is 40.5 Å². The van der Waals surface area contributed by atoms with Crippen molar-refractivity contribution in [2.45, 2.75) is 53.4 Å². The first kappa shape index (κ1) is 12.5. The van der Waals surface area contributed by atoms with Crippen molar-refractivity contribution in [1.29, 1.82) is 0 Å². The molecule has 12 heavy (non-hydrogen) atoms. The standard InChI is InChI=1S/C11H22.BrH/c1-9-5-7-10(8-6-9)11(2,3)4;/h9-10H,5-8H2,1-4H3;1H. The van der Waals surface area contributed by atoms with Crippen molar-refractivity contribution >= 4 is 17.0 Å². The lowest BCUT2D eigenvalue weighted by Crippen LogP contribution is -2.24. The molecule has 1 rings (SSSR count). The second-order valence-electron chi connectivity index (χ2n) is 5.32. The predicted octanol–water partition coefficient (Wildman–Crippen LogP) is 4.44. The zero-order valence-corrected chi connectivity index (χ0v) is 10.6. The molecule has 0 bridgehead atoms. The minimum atomic E-state index is 0. The van der Waals surface area contributed by atoms with Crippen LogP contribution in [0.2, 0.25) is 0 Å². The van der Waals surface area contributed by atoms with Gasteiger partial charge in [-0.2, -0.15) is 0 Å². The largest absolute Gasteiger partial charge is 0.114 e. The second kappa shape index (κ2) is 4.64. The minimum Gasteiger partial charge on any atom is -0.114 e. The molecule has 0 unspecified atom stereocenters. The van der Waals surface area contributed by atoms with Crippen LogP contribution in [0.1, 0.15) is 53.4 Å². The SMILES string of the molecule is Br.CC1CCC(C(C)(C)C)CC1. The number of rotatable bonds is 0. The van der Waals surface area contributed by atoms with E-state index in [0.29, 0.717) is 5.41 Å². The third-order valence-corrected chi connectivity index (χ3v) is 3.24. The lowest BCUT2D eigenvalue weighted by molar-refractivity contribution is 0.155. The molecule has 0 atom stereocenters. The summed E-state index contributed by atoms with van der Waals surface area (Å²) in [6, 6.07) is 0. The summed E-state index contributed by atoms with van der Waals surface area (Å²) in [7, 11) is 0. The van der Waals surface area contributed by atoms with Crippen molar-refractivity contribution in [3.05, 3.63) is 0 Å². The van der Waals surface area contributed by atoms with E-state index < -0.39 is 0 Å². The molecule has 0 aromatic carbocycles. The molecule has 1 aliphatic carbocycles. The lowest BCUT2D eigenvalue weighted by atomic mass is 9.70. The highest BCUT2D eigenvalue weighted by Gasteiger charge is 2.27. The third kappa shape index (κ3) is 3.47. The maximum absolute atomic E-state index is 2.39. The molecule has 0 nitrogen and oxygen atoms in total. The van der Waals surface area contributed by atoms with Gasteiger partial charge in [-0.15, -0.1) is 17.0 Å². The van der Waals surface area contributed by atoms with Crippen molar-refractivity contribution in [1.82, 2.24) is 0 Å². The summed E-state index contributed by atoms with van der Waals surface area (Å²) in [5.74, 6) is 1.98. The van der Waals surface area contributed by atoms with Crippen molar-refractivity contribution in [2.75, 3.05) is 0 Å². The number of hydrogen-bond acceptors (Lipinski definition) is 0. The number of halogens is 1. The van der Waals surface area contributed by atoms with Gasteiger partial charge in [-0.3, -0.25) is 0 Å². The van der Waals surface area contributed by atoms with Gasteiger partial charge in [0.05, 0.1) is 0 Å². The van der Waals surface area contributed by atoms with Gasteiger partial charge in [0.15, 0.2) is 0 Å². The van der Waals surface area contributed by atoms with Gasteiger partial charge in [0.2, 0.25) is 0 Å². The van der Waals surface area contributed by atoms with Crippen molar-refractivity contribution in [3.63, 3.8) is 0 Å². The normalized spacial score (nSPS) is 31.0. The van der Waals surface area contributed by atoms with E-state index in [2.05, 4.69) is 27.7 Å².